The van der Waals surface area contributed by atoms with Crippen molar-refractivity contribution in [1.82, 2.24) is 30.1 Å². The van der Waals surface area contributed by atoms with Gasteiger partial charge in [-0.2, -0.15) is 5.10 Å². The quantitative estimate of drug-likeness (QED) is 0.234. The van der Waals surface area contributed by atoms with E-state index in [0.717, 1.165) is 65.5 Å². The van der Waals surface area contributed by atoms with Crippen molar-refractivity contribution >= 4 is 44.6 Å². The van der Waals surface area contributed by atoms with E-state index >= 15 is 0 Å². The van der Waals surface area contributed by atoms with Crippen LogP contribution in [0.4, 0.5) is 5.69 Å². The highest BCUT2D eigenvalue weighted by Gasteiger charge is 2.16. The van der Waals surface area contributed by atoms with Gasteiger partial charge in [-0.1, -0.05) is 0 Å². The molecule has 0 saturated heterocycles. The van der Waals surface area contributed by atoms with Crippen molar-refractivity contribution in [1.29, 1.82) is 0 Å². The molecule has 0 aromatic carbocycles. The number of thiophene rings is 1. The van der Waals surface area contributed by atoms with Crippen LogP contribution >= 0.6 is 11.3 Å². The normalized spacial score (nSPS) is 11.6. The molecule has 9 heteroatoms. The van der Waals surface area contributed by atoms with Gasteiger partial charge in [0.15, 0.2) is 5.78 Å². The molecule has 0 aliphatic heterocycles. The van der Waals surface area contributed by atoms with E-state index in [0.29, 0.717) is 6.04 Å². The summed E-state index contributed by atoms with van der Waals surface area (Å²) in [4.78, 5) is 30.4. The maximum atomic E-state index is 11.8. The van der Waals surface area contributed by atoms with Gasteiger partial charge in [0.1, 0.15) is 5.69 Å². The number of H-pyrrole nitrogens is 2. The molecule has 6 heterocycles. The SMILES string of the molecule is CC(=O)c1ccc(-c2cncc3[nH]c(-c4n[nH]c5cnc(-c6cncc(NC(C)C)c6)cc45)cc23)s1. The molecule has 6 rings (SSSR count). The van der Waals surface area contributed by atoms with Crippen LogP contribution in [-0.2, 0) is 0 Å². The van der Waals surface area contributed by atoms with Crippen LogP contribution in [0, 0.1) is 0 Å². The Kier molecular flexibility index (Phi) is 5.34. The lowest BCUT2D eigenvalue weighted by atomic mass is 10.1. The summed E-state index contributed by atoms with van der Waals surface area (Å²) in [5.41, 5.74) is 7.11. The summed E-state index contributed by atoms with van der Waals surface area (Å²) in [7, 11) is 0. The Morgan fingerprint density at radius 1 is 0.972 bits per heavy atom. The topological polar surface area (TPSA) is 112 Å². The van der Waals surface area contributed by atoms with Crippen molar-refractivity contribution in [2.75, 3.05) is 5.32 Å². The summed E-state index contributed by atoms with van der Waals surface area (Å²) in [6.07, 6.45) is 9.08. The van der Waals surface area contributed by atoms with E-state index < -0.39 is 0 Å². The smallest absolute Gasteiger partial charge is 0.169 e. The van der Waals surface area contributed by atoms with Gasteiger partial charge in [-0.05, 0) is 51.1 Å². The molecule has 8 nitrogen and oxygen atoms in total. The maximum absolute atomic E-state index is 11.8. The van der Waals surface area contributed by atoms with Crippen LogP contribution in [0.3, 0.4) is 0 Å². The second-order valence-corrected chi connectivity index (χ2v) is 10.1. The zero-order chi connectivity index (χ0) is 24.8. The number of aromatic nitrogens is 6. The third-order valence-corrected chi connectivity index (χ3v) is 7.18. The van der Waals surface area contributed by atoms with Gasteiger partial charge in [0.2, 0.25) is 0 Å². The predicted octanol–water partition coefficient (Wildman–Crippen LogP) is 6.31. The molecule has 0 saturated carbocycles. The van der Waals surface area contributed by atoms with E-state index in [9.17, 15) is 4.79 Å². The summed E-state index contributed by atoms with van der Waals surface area (Å²) in [6.45, 7) is 5.77. The van der Waals surface area contributed by atoms with Crippen molar-refractivity contribution < 1.29 is 4.79 Å². The fourth-order valence-corrected chi connectivity index (χ4v) is 5.24. The molecule has 0 aliphatic rings. The molecule has 3 N–H and O–H groups in total. The lowest BCUT2D eigenvalue weighted by Crippen LogP contribution is -2.09. The van der Waals surface area contributed by atoms with Crippen LogP contribution in [0.15, 0.2) is 61.3 Å². The molecule has 0 spiro atoms. The van der Waals surface area contributed by atoms with E-state index in [2.05, 4.69) is 61.4 Å². The Labute approximate surface area is 210 Å². The van der Waals surface area contributed by atoms with Gasteiger partial charge in [0.25, 0.3) is 0 Å². The Balaban J connectivity index is 1.43. The number of carbonyl (C=O) groups is 1. The minimum Gasteiger partial charge on any atom is -0.382 e. The first kappa shape index (κ1) is 22.1. The van der Waals surface area contributed by atoms with Gasteiger partial charge < -0.3 is 10.3 Å². The van der Waals surface area contributed by atoms with Crippen molar-refractivity contribution in [2.45, 2.75) is 26.8 Å². The summed E-state index contributed by atoms with van der Waals surface area (Å²) in [5, 5.41) is 13.1. The van der Waals surface area contributed by atoms with E-state index in [1.807, 2.05) is 43.0 Å². The molecule has 0 fully saturated rings. The van der Waals surface area contributed by atoms with Crippen LogP contribution in [0.5, 0.6) is 0 Å². The largest absolute Gasteiger partial charge is 0.382 e. The number of ketones is 1. The highest BCUT2D eigenvalue weighted by atomic mass is 32.1. The monoisotopic (exact) mass is 493 g/mol. The summed E-state index contributed by atoms with van der Waals surface area (Å²) >= 11 is 1.48. The Morgan fingerprint density at radius 2 is 1.83 bits per heavy atom. The fourth-order valence-electron chi connectivity index (χ4n) is 4.32. The van der Waals surface area contributed by atoms with E-state index in [-0.39, 0.29) is 5.78 Å². The minimum atomic E-state index is 0.0641. The number of nitrogens with zero attached hydrogens (tertiary/aromatic N) is 4. The molecule has 178 valence electrons. The van der Waals surface area contributed by atoms with Crippen LogP contribution in [0.25, 0.3) is 54.9 Å². The number of nitrogens with one attached hydrogen (secondary N) is 3. The molecule has 6 aromatic rings. The van der Waals surface area contributed by atoms with Gasteiger partial charge in [0.05, 0.1) is 45.4 Å². The average Bonchev–Trinajstić information content (AvgIpc) is 3.60. The number of hydrogen-bond donors (Lipinski definition) is 3. The van der Waals surface area contributed by atoms with Crippen molar-refractivity contribution in [3.05, 3.63) is 66.2 Å². The third-order valence-electron chi connectivity index (χ3n) is 5.96. The zero-order valence-corrected chi connectivity index (χ0v) is 20.8. The number of Topliss-reactive ketones (excluding diaryl/α,β-unsaturated/α-hetero) is 1. The summed E-state index contributed by atoms with van der Waals surface area (Å²) in [6, 6.07) is 10.3. The second-order valence-electron chi connectivity index (χ2n) is 9.00. The van der Waals surface area contributed by atoms with Crippen LogP contribution in [0.1, 0.15) is 30.4 Å². The predicted molar refractivity (Wildman–Crippen MR) is 144 cm³/mol. The number of aromatic amines is 2. The third kappa shape index (κ3) is 3.93. The van der Waals surface area contributed by atoms with E-state index in [4.69, 9.17) is 0 Å². The van der Waals surface area contributed by atoms with Gasteiger partial charge >= 0.3 is 0 Å². The minimum absolute atomic E-state index is 0.0641. The molecule has 0 unspecified atom stereocenters. The molecule has 0 amide bonds. The first-order valence-corrected chi connectivity index (χ1v) is 12.4. The number of hydrogen-bond acceptors (Lipinski definition) is 7. The second kappa shape index (κ2) is 8.69. The van der Waals surface area contributed by atoms with Crippen molar-refractivity contribution in [3.63, 3.8) is 0 Å². The van der Waals surface area contributed by atoms with Crippen LogP contribution in [0.2, 0.25) is 0 Å². The van der Waals surface area contributed by atoms with Crippen LogP contribution < -0.4 is 5.32 Å². The first-order valence-electron chi connectivity index (χ1n) is 11.6. The zero-order valence-electron chi connectivity index (χ0n) is 20.0. The molecule has 6 aromatic heterocycles. The maximum Gasteiger partial charge on any atom is 0.169 e. The lowest BCUT2D eigenvalue weighted by molar-refractivity contribution is 0.102. The Bertz CT molecular complexity index is 1740. The molecule has 0 bridgehead atoms. The molecular weight excluding hydrogens is 470 g/mol. The average molecular weight is 494 g/mol. The molecule has 0 radical (unpaired) electrons. The standard InChI is InChI=1S/C27H23N7OS/c1-14(2)31-17-6-16(9-28-10-17)21-8-19-24(13-30-21)33-34-27(19)22-7-18-20(11-29-12-23(18)32-22)26-5-4-25(36-26)15(3)35/h4-14,31-32H,1-3H3,(H,33,34). The molecule has 36 heavy (non-hydrogen) atoms. The van der Waals surface area contributed by atoms with Gasteiger partial charge in [-0.15, -0.1) is 11.3 Å². The van der Waals surface area contributed by atoms with E-state index in [1.165, 1.54) is 11.3 Å². The molecule has 0 aliphatic carbocycles. The number of carbonyl (C=O) groups excluding carboxylic acids is 1. The van der Waals surface area contributed by atoms with Crippen LogP contribution in [-0.4, -0.2) is 42.0 Å². The summed E-state index contributed by atoms with van der Waals surface area (Å²) in [5.74, 6) is 0.0641. The van der Waals surface area contributed by atoms with Gasteiger partial charge in [-0.3, -0.25) is 24.8 Å². The molecule has 0 atom stereocenters. The van der Waals surface area contributed by atoms with Gasteiger partial charge in [0, 0.05) is 51.4 Å². The highest BCUT2D eigenvalue weighted by molar-refractivity contribution is 7.17. The van der Waals surface area contributed by atoms with Crippen molar-refractivity contribution in [3.8, 4) is 33.1 Å². The molecular formula is C27H23N7OS. The summed E-state index contributed by atoms with van der Waals surface area (Å²) < 4.78 is 0. The Hall–Kier alpha value is -4.37. The van der Waals surface area contributed by atoms with Gasteiger partial charge in [-0.25, -0.2) is 0 Å². The number of rotatable bonds is 6. The highest BCUT2D eigenvalue weighted by Crippen LogP contribution is 2.36. The number of anilines is 1. The van der Waals surface area contributed by atoms with E-state index in [1.54, 1.807) is 13.1 Å². The first-order chi connectivity index (χ1) is 17.5. The Morgan fingerprint density at radius 3 is 2.64 bits per heavy atom. The number of fused-ring (bicyclic) bond motifs is 2. The lowest BCUT2D eigenvalue weighted by Gasteiger charge is -2.10. The fraction of sp³-hybridized carbons (Fsp3) is 0.148. The van der Waals surface area contributed by atoms with Crippen molar-refractivity contribution in [2.24, 2.45) is 0 Å². The number of pyridine rings is 3.